The fourth-order valence-electron chi connectivity index (χ4n) is 4.56. The molecule has 7 heteroatoms. The molecule has 0 spiro atoms. The molecule has 1 aliphatic carbocycles. The molecule has 1 aromatic carbocycles. The molecular weight excluding hydrogens is 378 g/mol. The van der Waals surface area contributed by atoms with E-state index in [0.717, 1.165) is 24.1 Å². The van der Waals surface area contributed by atoms with Crippen molar-refractivity contribution in [2.24, 2.45) is 11.8 Å². The Hall–Kier alpha value is -3.40. The third kappa shape index (κ3) is 3.50. The van der Waals surface area contributed by atoms with Crippen molar-refractivity contribution in [2.75, 3.05) is 17.3 Å². The average Bonchev–Trinajstić information content (AvgIpc) is 3.59. The maximum Gasteiger partial charge on any atom is 0.251 e. The molecule has 0 bridgehead atoms. The molecule has 2 aromatic rings. The number of hydrogen-bond acceptors (Lipinski definition) is 5. The average molecular weight is 403 g/mol. The number of nitrogens with zero attached hydrogens (tertiary/aromatic N) is 3. The zero-order chi connectivity index (χ0) is 21.4. The quantitative estimate of drug-likeness (QED) is 0.817. The number of carbonyl (C=O) groups excluding carboxylic acids is 2. The van der Waals surface area contributed by atoms with Gasteiger partial charge in [-0.1, -0.05) is 6.92 Å². The van der Waals surface area contributed by atoms with Crippen molar-refractivity contribution in [3.63, 3.8) is 0 Å². The first-order valence-corrected chi connectivity index (χ1v) is 10.2. The molecule has 7 nitrogen and oxygen atoms in total. The minimum atomic E-state index is -0.167. The normalized spacial score (nSPS) is 22.6. The van der Waals surface area contributed by atoms with Gasteiger partial charge in [-0.15, -0.1) is 0 Å². The van der Waals surface area contributed by atoms with E-state index in [1.807, 2.05) is 17.0 Å². The van der Waals surface area contributed by atoms with E-state index in [1.54, 1.807) is 32.2 Å². The van der Waals surface area contributed by atoms with Gasteiger partial charge in [-0.2, -0.15) is 5.26 Å². The molecule has 2 aliphatic rings. The summed E-state index contributed by atoms with van der Waals surface area (Å²) in [6.07, 6.45) is 3.77. The molecule has 0 unspecified atom stereocenters. The monoisotopic (exact) mass is 403 g/mol. The van der Waals surface area contributed by atoms with Crippen LogP contribution in [-0.4, -0.2) is 29.9 Å². The molecule has 0 saturated heterocycles. The number of rotatable bonds is 4. The number of benzene rings is 1. The molecule has 3 atom stereocenters. The lowest BCUT2D eigenvalue weighted by molar-refractivity contribution is -0.117. The Balaban J connectivity index is 1.80. The van der Waals surface area contributed by atoms with Gasteiger partial charge in [0.1, 0.15) is 11.9 Å². The summed E-state index contributed by atoms with van der Waals surface area (Å²) in [6.45, 7) is 3.75. The smallest absolute Gasteiger partial charge is 0.251 e. The van der Waals surface area contributed by atoms with Crippen LogP contribution in [0.5, 0.6) is 0 Å². The highest BCUT2D eigenvalue weighted by molar-refractivity contribution is 5.98. The van der Waals surface area contributed by atoms with E-state index in [4.69, 9.17) is 5.26 Å². The van der Waals surface area contributed by atoms with Crippen molar-refractivity contribution >= 4 is 23.3 Å². The highest BCUT2D eigenvalue weighted by Gasteiger charge is 2.47. The third-order valence-corrected chi connectivity index (χ3v) is 6.11. The van der Waals surface area contributed by atoms with Gasteiger partial charge in [-0.3, -0.25) is 9.59 Å². The summed E-state index contributed by atoms with van der Waals surface area (Å²) in [5.41, 5.74) is 2.80. The molecular formula is C23H25N5O2. The van der Waals surface area contributed by atoms with Crippen LogP contribution in [0.3, 0.4) is 0 Å². The Morgan fingerprint density at radius 3 is 2.57 bits per heavy atom. The van der Waals surface area contributed by atoms with Crippen molar-refractivity contribution in [1.82, 2.24) is 10.3 Å². The van der Waals surface area contributed by atoms with Crippen LogP contribution < -0.4 is 15.5 Å². The Bertz CT molecular complexity index is 1020. The molecule has 1 aliphatic heterocycles. The summed E-state index contributed by atoms with van der Waals surface area (Å²) in [7, 11) is 1.60. The summed E-state index contributed by atoms with van der Waals surface area (Å²) in [4.78, 5) is 31.2. The second kappa shape index (κ2) is 7.79. The molecule has 4 rings (SSSR count). The van der Waals surface area contributed by atoms with Crippen molar-refractivity contribution in [1.29, 1.82) is 5.26 Å². The first-order chi connectivity index (χ1) is 14.4. The van der Waals surface area contributed by atoms with Gasteiger partial charge in [0, 0.05) is 43.4 Å². The lowest BCUT2D eigenvalue weighted by Gasteiger charge is -2.46. The van der Waals surface area contributed by atoms with Gasteiger partial charge in [-0.05, 0) is 54.7 Å². The minimum Gasteiger partial charge on any atom is -0.363 e. The number of carbonyl (C=O) groups is 2. The number of fused-ring (bicyclic) bond motifs is 1. The highest BCUT2D eigenvalue weighted by Crippen LogP contribution is 2.50. The van der Waals surface area contributed by atoms with Crippen molar-refractivity contribution in [2.45, 2.75) is 38.8 Å². The molecule has 1 fully saturated rings. The first kappa shape index (κ1) is 19.9. The number of amides is 2. The van der Waals surface area contributed by atoms with E-state index >= 15 is 0 Å². The van der Waals surface area contributed by atoms with Crippen LogP contribution in [-0.2, 0) is 4.79 Å². The Labute approximate surface area is 176 Å². The van der Waals surface area contributed by atoms with Gasteiger partial charge in [0.25, 0.3) is 5.91 Å². The Kier molecular flexibility index (Phi) is 5.17. The molecule has 2 heterocycles. The van der Waals surface area contributed by atoms with Crippen molar-refractivity contribution in [3.05, 3.63) is 53.2 Å². The molecule has 2 N–H and O–H groups in total. The summed E-state index contributed by atoms with van der Waals surface area (Å²) < 4.78 is 0. The number of aromatic nitrogens is 1. The van der Waals surface area contributed by atoms with Crippen LogP contribution in [0.4, 0.5) is 11.5 Å². The Morgan fingerprint density at radius 1 is 1.23 bits per heavy atom. The van der Waals surface area contributed by atoms with Gasteiger partial charge in [0.05, 0.1) is 11.6 Å². The molecule has 1 aromatic heterocycles. The lowest BCUT2D eigenvalue weighted by Crippen LogP contribution is -2.51. The zero-order valence-corrected chi connectivity index (χ0v) is 17.3. The van der Waals surface area contributed by atoms with Crippen LogP contribution in [0.15, 0.2) is 36.5 Å². The van der Waals surface area contributed by atoms with Crippen LogP contribution in [0.1, 0.15) is 54.2 Å². The largest absolute Gasteiger partial charge is 0.363 e. The van der Waals surface area contributed by atoms with Crippen molar-refractivity contribution in [3.8, 4) is 6.07 Å². The van der Waals surface area contributed by atoms with Gasteiger partial charge in [0.15, 0.2) is 0 Å². The number of nitrogens with one attached hydrogen (secondary N) is 2. The van der Waals surface area contributed by atoms with Crippen molar-refractivity contribution < 1.29 is 9.59 Å². The standard InChI is InChI=1S/C23H25N5O2/c1-13-21(27-20-9-4-15(11-24)12-26-20)18-10-17(23(30)25-3)7-8-19(18)28(14(2)29)22(13)16-5-6-16/h4,7-10,12-13,16,21-22H,5-6H2,1-3H3,(H,25,30)(H,26,27)/t13-,21-,22-/m1/s1. The molecule has 154 valence electrons. The van der Waals surface area contributed by atoms with E-state index in [9.17, 15) is 9.59 Å². The summed E-state index contributed by atoms with van der Waals surface area (Å²) >= 11 is 0. The lowest BCUT2D eigenvalue weighted by atomic mass is 9.79. The van der Waals surface area contributed by atoms with Gasteiger partial charge < -0.3 is 15.5 Å². The number of nitriles is 1. The van der Waals surface area contributed by atoms with Gasteiger partial charge in [0.2, 0.25) is 5.91 Å². The fourth-order valence-corrected chi connectivity index (χ4v) is 4.56. The first-order valence-electron chi connectivity index (χ1n) is 10.2. The topological polar surface area (TPSA) is 98.1 Å². The second-order valence-corrected chi connectivity index (χ2v) is 8.09. The zero-order valence-electron chi connectivity index (χ0n) is 17.3. The number of hydrogen-bond donors (Lipinski definition) is 2. The molecule has 1 saturated carbocycles. The van der Waals surface area contributed by atoms with E-state index < -0.39 is 0 Å². The van der Waals surface area contributed by atoms with Crippen LogP contribution in [0.2, 0.25) is 0 Å². The van der Waals surface area contributed by atoms with Crippen LogP contribution in [0.25, 0.3) is 0 Å². The predicted octanol–water partition coefficient (Wildman–Crippen LogP) is 3.25. The molecule has 2 amide bonds. The van der Waals surface area contributed by atoms with E-state index in [-0.39, 0.29) is 29.8 Å². The highest BCUT2D eigenvalue weighted by atomic mass is 16.2. The third-order valence-electron chi connectivity index (χ3n) is 6.11. The number of anilines is 2. The fraction of sp³-hybridized carbons (Fsp3) is 0.391. The minimum absolute atomic E-state index is 0.0163. The SMILES string of the molecule is CNC(=O)c1ccc2c(c1)[C@H](Nc1ccc(C#N)cn1)[C@@H](C)[C@H](C1CC1)N2C(C)=O. The number of pyridine rings is 1. The van der Waals surface area contributed by atoms with Gasteiger partial charge in [-0.25, -0.2) is 4.98 Å². The summed E-state index contributed by atoms with van der Waals surface area (Å²) in [5.74, 6) is 1.11. The molecule has 0 radical (unpaired) electrons. The van der Waals surface area contributed by atoms with E-state index in [1.165, 1.54) is 6.20 Å². The van der Waals surface area contributed by atoms with E-state index in [2.05, 4.69) is 28.6 Å². The van der Waals surface area contributed by atoms with Crippen LogP contribution in [0, 0.1) is 23.2 Å². The predicted molar refractivity (Wildman–Crippen MR) is 114 cm³/mol. The van der Waals surface area contributed by atoms with E-state index in [0.29, 0.717) is 22.9 Å². The summed E-state index contributed by atoms with van der Waals surface area (Å²) in [5, 5.41) is 15.2. The summed E-state index contributed by atoms with van der Waals surface area (Å²) in [6, 6.07) is 11.1. The second-order valence-electron chi connectivity index (χ2n) is 8.09. The van der Waals surface area contributed by atoms with Gasteiger partial charge >= 0.3 is 0 Å². The molecule has 30 heavy (non-hydrogen) atoms. The van der Waals surface area contributed by atoms with Crippen LogP contribution >= 0.6 is 0 Å². The maximum atomic E-state index is 12.6. The Morgan fingerprint density at radius 2 is 2.00 bits per heavy atom. The maximum absolute atomic E-state index is 12.6.